The minimum atomic E-state index is 0.179. The fourth-order valence-corrected chi connectivity index (χ4v) is 4.32. The Kier molecular flexibility index (Phi) is 3.76. The van der Waals surface area contributed by atoms with Crippen LogP contribution >= 0.6 is 31.9 Å². The molecule has 2 aliphatic rings. The van der Waals surface area contributed by atoms with Crippen LogP contribution in [0.2, 0.25) is 0 Å². The predicted octanol–water partition coefficient (Wildman–Crippen LogP) is 5.74. The largest absolute Gasteiger partial charge is 0.0990 e. The van der Waals surface area contributed by atoms with Gasteiger partial charge in [0, 0.05) is 10.2 Å². The fourth-order valence-electron chi connectivity index (χ4n) is 3.30. The highest BCUT2D eigenvalue weighted by atomic mass is 79.9. The van der Waals surface area contributed by atoms with Gasteiger partial charge in [-0.3, -0.25) is 0 Å². The van der Waals surface area contributed by atoms with Gasteiger partial charge in [0.2, 0.25) is 0 Å². The van der Waals surface area contributed by atoms with Crippen LogP contribution in [0.1, 0.15) is 39.5 Å². The van der Waals surface area contributed by atoms with Crippen molar-refractivity contribution in [1.29, 1.82) is 0 Å². The fraction of sp³-hybridized carbons (Fsp3) is 0.600. The molecule has 0 nitrogen and oxygen atoms in total. The van der Waals surface area contributed by atoms with E-state index >= 15 is 0 Å². The van der Waals surface area contributed by atoms with E-state index in [1.54, 1.807) is 0 Å². The van der Waals surface area contributed by atoms with Crippen molar-refractivity contribution in [3.8, 4) is 0 Å². The van der Waals surface area contributed by atoms with E-state index in [1.165, 1.54) is 24.0 Å². The summed E-state index contributed by atoms with van der Waals surface area (Å²) in [7, 11) is 0. The van der Waals surface area contributed by atoms with Crippen molar-refractivity contribution in [1.82, 2.24) is 0 Å². The molecule has 1 fully saturated rings. The molecule has 1 spiro atoms. The van der Waals surface area contributed by atoms with E-state index in [0.717, 1.165) is 12.8 Å². The van der Waals surface area contributed by atoms with E-state index in [4.69, 9.17) is 0 Å². The zero-order chi connectivity index (χ0) is 12.7. The number of rotatable bonds is 0. The average Bonchev–Trinajstić information content (AvgIpc) is 2.33. The van der Waals surface area contributed by atoms with Crippen molar-refractivity contribution >= 4 is 31.9 Å². The molecule has 0 heterocycles. The van der Waals surface area contributed by atoms with Gasteiger partial charge in [0.05, 0.1) is 0 Å². The van der Waals surface area contributed by atoms with Gasteiger partial charge in [0.15, 0.2) is 0 Å². The first-order valence-electron chi connectivity index (χ1n) is 6.25. The summed E-state index contributed by atoms with van der Waals surface area (Å²) in [5.41, 5.74) is 3.23. The lowest BCUT2D eigenvalue weighted by molar-refractivity contribution is 0.115. The Labute approximate surface area is 122 Å². The summed E-state index contributed by atoms with van der Waals surface area (Å²) < 4.78 is 0. The van der Waals surface area contributed by atoms with Gasteiger partial charge in [0.25, 0.3) is 0 Å². The highest BCUT2D eigenvalue weighted by Crippen LogP contribution is 2.60. The summed E-state index contributed by atoms with van der Waals surface area (Å²) in [5, 5.41) is 0. The Hall–Kier alpha value is 0.180. The van der Waals surface area contributed by atoms with Gasteiger partial charge in [-0.1, -0.05) is 70.0 Å². The second-order valence-electron chi connectivity index (χ2n) is 5.82. The highest BCUT2D eigenvalue weighted by Gasteiger charge is 2.51. The number of hydrogen-bond donors (Lipinski definition) is 0. The molecule has 0 aromatic rings. The van der Waals surface area contributed by atoms with Crippen LogP contribution in [-0.4, -0.2) is 4.83 Å². The maximum Gasteiger partial charge on any atom is 0.0211 e. The molecule has 1 saturated carbocycles. The van der Waals surface area contributed by atoms with Crippen molar-refractivity contribution in [2.75, 3.05) is 0 Å². The lowest BCUT2D eigenvalue weighted by Gasteiger charge is -2.54. The quantitative estimate of drug-likeness (QED) is 0.382. The van der Waals surface area contributed by atoms with Gasteiger partial charge < -0.3 is 0 Å². The van der Waals surface area contributed by atoms with Crippen molar-refractivity contribution in [3.63, 3.8) is 0 Å². The summed E-state index contributed by atoms with van der Waals surface area (Å²) >= 11 is 7.32. The third-order valence-electron chi connectivity index (χ3n) is 4.79. The van der Waals surface area contributed by atoms with Crippen molar-refractivity contribution in [3.05, 3.63) is 34.9 Å². The predicted molar refractivity (Wildman–Crippen MR) is 82.7 cm³/mol. The second kappa shape index (κ2) is 4.70. The number of hydrogen-bond acceptors (Lipinski definition) is 0. The van der Waals surface area contributed by atoms with E-state index in [0.29, 0.717) is 4.83 Å². The minimum absolute atomic E-state index is 0.179. The van der Waals surface area contributed by atoms with E-state index in [1.807, 2.05) is 4.99 Å². The Morgan fingerprint density at radius 2 is 2.12 bits per heavy atom. The van der Waals surface area contributed by atoms with Gasteiger partial charge in [-0.05, 0) is 41.7 Å². The van der Waals surface area contributed by atoms with Gasteiger partial charge in [-0.2, -0.15) is 0 Å². The molecule has 94 valence electrons. The van der Waals surface area contributed by atoms with Crippen LogP contribution in [0, 0.1) is 10.8 Å². The van der Waals surface area contributed by atoms with Crippen LogP contribution < -0.4 is 0 Å². The monoisotopic (exact) mass is 358 g/mol. The standard InChI is InChI=1S/C15H20Br2/c1-11-4-5-13(17)14(2,3)15(11)8-6-12(10-16)7-9-15/h6,8,10,13H,1,4-5,7,9H2,2-3H3/b12-10-/t13-,15?/m1/s1. The van der Waals surface area contributed by atoms with Crippen molar-refractivity contribution in [2.24, 2.45) is 10.8 Å². The molecule has 0 amide bonds. The molecule has 0 bridgehead atoms. The first-order chi connectivity index (χ1) is 7.94. The molecular formula is C15H20Br2. The molecule has 0 N–H and O–H groups in total. The number of allylic oxidation sites excluding steroid dienone is 4. The van der Waals surface area contributed by atoms with Crippen LogP contribution in [0.4, 0.5) is 0 Å². The SMILES string of the molecule is C=C1CC[C@@H](Br)C(C)(C)C12C=C/C(=C/Br)CC2. The zero-order valence-corrected chi connectivity index (χ0v) is 13.8. The van der Waals surface area contributed by atoms with Crippen LogP contribution in [0.5, 0.6) is 0 Å². The maximum atomic E-state index is 4.37. The molecule has 0 saturated heterocycles. The van der Waals surface area contributed by atoms with Crippen LogP contribution in [0.3, 0.4) is 0 Å². The minimum Gasteiger partial charge on any atom is -0.0990 e. The molecule has 1 unspecified atom stereocenters. The van der Waals surface area contributed by atoms with Crippen LogP contribution in [0.15, 0.2) is 34.9 Å². The first kappa shape index (κ1) is 13.6. The summed E-state index contributed by atoms with van der Waals surface area (Å²) in [6.45, 7) is 9.13. The number of alkyl halides is 1. The molecule has 2 atom stereocenters. The molecule has 0 aromatic heterocycles. The summed E-state index contributed by atoms with van der Waals surface area (Å²) in [6.07, 6.45) is 9.37. The Morgan fingerprint density at radius 1 is 1.41 bits per heavy atom. The third kappa shape index (κ3) is 2.02. The van der Waals surface area contributed by atoms with Gasteiger partial charge in [-0.15, -0.1) is 0 Å². The topological polar surface area (TPSA) is 0 Å². The molecule has 0 radical (unpaired) electrons. The molecular weight excluding hydrogens is 340 g/mol. The van der Waals surface area contributed by atoms with E-state index in [9.17, 15) is 0 Å². The Balaban J connectivity index is 2.43. The van der Waals surface area contributed by atoms with Crippen molar-refractivity contribution < 1.29 is 0 Å². The molecule has 17 heavy (non-hydrogen) atoms. The molecule has 0 aromatic carbocycles. The van der Waals surface area contributed by atoms with Gasteiger partial charge >= 0.3 is 0 Å². The number of halogens is 2. The molecule has 0 aliphatic heterocycles. The normalized spacial score (nSPS) is 38.9. The molecule has 2 rings (SSSR count). The highest BCUT2D eigenvalue weighted by molar-refractivity contribution is 9.11. The summed E-state index contributed by atoms with van der Waals surface area (Å²) in [4.78, 5) is 2.63. The van der Waals surface area contributed by atoms with Gasteiger partial charge in [0.1, 0.15) is 0 Å². The smallest absolute Gasteiger partial charge is 0.0211 e. The first-order valence-corrected chi connectivity index (χ1v) is 8.08. The van der Waals surface area contributed by atoms with E-state index in [-0.39, 0.29) is 10.8 Å². The van der Waals surface area contributed by atoms with Gasteiger partial charge in [-0.25, -0.2) is 0 Å². The lowest BCUT2D eigenvalue weighted by Crippen LogP contribution is -2.47. The third-order valence-corrected chi connectivity index (χ3v) is 6.98. The summed E-state index contributed by atoms with van der Waals surface area (Å²) in [5.74, 6) is 0. The van der Waals surface area contributed by atoms with Crippen molar-refractivity contribution in [2.45, 2.75) is 44.4 Å². The van der Waals surface area contributed by atoms with Crippen LogP contribution in [-0.2, 0) is 0 Å². The molecule has 2 aliphatic carbocycles. The van der Waals surface area contributed by atoms with Crippen LogP contribution in [0.25, 0.3) is 0 Å². The summed E-state index contributed by atoms with van der Waals surface area (Å²) in [6, 6.07) is 0. The Bertz CT molecular complexity index is 390. The maximum absolute atomic E-state index is 4.37. The Morgan fingerprint density at radius 3 is 2.65 bits per heavy atom. The zero-order valence-electron chi connectivity index (χ0n) is 10.6. The lowest BCUT2D eigenvalue weighted by atomic mass is 9.52. The van der Waals surface area contributed by atoms with E-state index in [2.05, 4.69) is 64.4 Å². The molecule has 2 heteroatoms. The average molecular weight is 360 g/mol. The van der Waals surface area contributed by atoms with E-state index < -0.39 is 0 Å². The second-order valence-corrected chi connectivity index (χ2v) is 7.38.